The molecule has 0 aliphatic rings. The zero-order chi connectivity index (χ0) is 30.8. The number of nitrogens with one attached hydrogen (secondary N) is 1. The number of ether oxygens (including phenoxy) is 4. The molecule has 10 nitrogen and oxygen atoms in total. The molecule has 0 saturated carbocycles. The summed E-state index contributed by atoms with van der Waals surface area (Å²) in [7, 11) is 0.250. The highest BCUT2D eigenvalue weighted by molar-refractivity contribution is 9.10. The lowest BCUT2D eigenvalue weighted by molar-refractivity contribution is -0.119. The number of anilines is 1. The molecule has 0 bridgehead atoms. The Morgan fingerprint density at radius 1 is 0.884 bits per heavy atom. The number of hydrazone groups is 1. The molecule has 0 heterocycles. The van der Waals surface area contributed by atoms with Gasteiger partial charge in [0.1, 0.15) is 24.7 Å². The average Bonchev–Trinajstić information content (AvgIpc) is 3.03. The minimum absolute atomic E-state index is 0.00990. The van der Waals surface area contributed by atoms with Crippen molar-refractivity contribution in [1.82, 2.24) is 5.43 Å². The molecule has 12 heteroatoms. The van der Waals surface area contributed by atoms with E-state index in [2.05, 4.69) is 26.5 Å². The highest BCUT2D eigenvalue weighted by Crippen LogP contribution is 2.37. The first kappa shape index (κ1) is 31.4. The number of methoxy groups -OCH3 is 3. The van der Waals surface area contributed by atoms with E-state index < -0.39 is 22.5 Å². The number of amides is 1. The number of benzene rings is 4. The number of carbonyl (C=O) groups is 1. The number of hydrogen-bond acceptors (Lipinski definition) is 8. The van der Waals surface area contributed by atoms with E-state index in [-0.39, 0.29) is 16.3 Å². The Balaban J connectivity index is 1.53. The molecule has 0 aliphatic heterocycles. The molecule has 1 amide bonds. The third-order valence-electron chi connectivity index (χ3n) is 6.15. The normalized spacial score (nSPS) is 11.2. The van der Waals surface area contributed by atoms with Crippen molar-refractivity contribution < 1.29 is 32.2 Å². The minimum Gasteiger partial charge on any atom is -0.497 e. The van der Waals surface area contributed by atoms with Gasteiger partial charge in [-0.05, 0) is 63.5 Å². The summed E-state index contributed by atoms with van der Waals surface area (Å²) in [6, 6.07) is 25.6. The molecule has 0 radical (unpaired) electrons. The number of halogens is 1. The van der Waals surface area contributed by atoms with Crippen molar-refractivity contribution in [3.8, 4) is 23.0 Å². The Morgan fingerprint density at radius 2 is 1.56 bits per heavy atom. The van der Waals surface area contributed by atoms with Crippen molar-refractivity contribution in [3.05, 3.63) is 107 Å². The molecule has 0 aliphatic carbocycles. The van der Waals surface area contributed by atoms with Crippen LogP contribution in [0.15, 0.2) is 105 Å². The number of sulfonamides is 1. The molecule has 0 aromatic heterocycles. The first-order chi connectivity index (χ1) is 20.8. The maximum absolute atomic E-state index is 13.7. The average molecular weight is 669 g/mol. The van der Waals surface area contributed by atoms with E-state index in [0.29, 0.717) is 33.9 Å². The first-order valence-electron chi connectivity index (χ1n) is 12.9. The second-order valence-electron chi connectivity index (χ2n) is 8.96. The Hall–Kier alpha value is -4.55. The van der Waals surface area contributed by atoms with Crippen LogP contribution >= 0.6 is 15.9 Å². The van der Waals surface area contributed by atoms with Crippen molar-refractivity contribution in [1.29, 1.82) is 0 Å². The van der Waals surface area contributed by atoms with Gasteiger partial charge in [-0.3, -0.25) is 9.10 Å². The molecule has 0 saturated heterocycles. The van der Waals surface area contributed by atoms with Gasteiger partial charge >= 0.3 is 0 Å². The maximum atomic E-state index is 13.7. The van der Waals surface area contributed by atoms with Gasteiger partial charge in [-0.15, -0.1) is 0 Å². The molecule has 0 unspecified atom stereocenters. The van der Waals surface area contributed by atoms with Gasteiger partial charge < -0.3 is 18.9 Å². The van der Waals surface area contributed by atoms with Crippen LogP contribution in [-0.4, -0.2) is 48.4 Å². The lowest BCUT2D eigenvalue weighted by Gasteiger charge is -2.25. The topological polar surface area (TPSA) is 116 Å². The number of rotatable bonds is 13. The molecular weight excluding hydrogens is 638 g/mol. The summed E-state index contributed by atoms with van der Waals surface area (Å²) in [5.74, 6) is 0.974. The summed E-state index contributed by atoms with van der Waals surface area (Å²) in [5.41, 5.74) is 4.16. The molecule has 0 spiro atoms. The lowest BCUT2D eigenvalue weighted by atomic mass is 10.2. The van der Waals surface area contributed by atoms with E-state index in [1.165, 1.54) is 51.8 Å². The van der Waals surface area contributed by atoms with Gasteiger partial charge in [0.15, 0.2) is 11.5 Å². The number of carbonyl (C=O) groups excluding carboxylic acids is 1. The van der Waals surface area contributed by atoms with Crippen LogP contribution < -0.4 is 28.7 Å². The van der Waals surface area contributed by atoms with E-state index in [1.807, 2.05) is 30.3 Å². The van der Waals surface area contributed by atoms with E-state index in [0.717, 1.165) is 9.87 Å². The summed E-state index contributed by atoms with van der Waals surface area (Å²) in [6.07, 6.45) is 1.41. The summed E-state index contributed by atoms with van der Waals surface area (Å²) in [5, 5.41) is 4.04. The minimum atomic E-state index is -4.16. The largest absolute Gasteiger partial charge is 0.497 e. The molecule has 1 N–H and O–H groups in total. The SMILES string of the molecule is COc1ccc(N(CC(=O)N/N=C\c2cc(Br)c(OCc3ccccc3)c(OC)c2)S(=O)(=O)c2ccccc2)c(OC)c1. The fourth-order valence-corrected chi connectivity index (χ4v) is 6.07. The van der Waals surface area contributed by atoms with Crippen molar-refractivity contribution in [2.45, 2.75) is 11.5 Å². The van der Waals surface area contributed by atoms with Crippen molar-refractivity contribution >= 4 is 43.8 Å². The highest BCUT2D eigenvalue weighted by atomic mass is 79.9. The predicted octanol–water partition coefficient (Wildman–Crippen LogP) is 5.40. The zero-order valence-corrected chi connectivity index (χ0v) is 26.1. The summed E-state index contributed by atoms with van der Waals surface area (Å²) < 4.78 is 51.0. The molecule has 224 valence electrons. The monoisotopic (exact) mass is 667 g/mol. The van der Waals surface area contributed by atoms with Crippen LogP contribution in [0.3, 0.4) is 0 Å². The van der Waals surface area contributed by atoms with Crippen molar-refractivity contribution in [2.24, 2.45) is 5.10 Å². The third kappa shape index (κ3) is 7.85. The van der Waals surface area contributed by atoms with Crippen LogP contribution in [0.25, 0.3) is 0 Å². The molecule has 4 aromatic carbocycles. The second kappa shape index (κ2) is 14.6. The van der Waals surface area contributed by atoms with E-state index in [1.54, 1.807) is 36.4 Å². The van der Waals surface area contributed by atoms with Gasteiger partial charge in [0.05, 0.1) is 42.6 Å². The third-order valence-corrected chi connectivity index (χ3v) is 8.52. The molecule has 0 fully saturated rings. The highest BCUT2D eigenvalue weighted by Gasteiger charge is 2.29. The van der Waals surface area contributed by atoms with Crippen LogP contribution in [0.1, 0.15) is 11.1 Å². The Bertz CT molecular complexity index is 1680. The second-order valence-corrected chi connectivity index (χ2v) is 11.7. The van der Waals surface area contributed by atoms with Gasteiger partial charge in [-0.1, -0.05) is 48.5 Å². The van der Waals surface area contributed by atoms with Crippen molar-refractivity contribution in [3.63, 3.8) is 0 Å². The number of nitrogens with zero attached hydrogens (tertiary/aromatic N) is 2. The van der Waals surface area contributed by atoms with Gasteiger partial charge in [-0.2, -0.15) is 5.10 Å². The van der Waals surface area contributed by atoms with E-state index in [9.17, 15) is 13.2 Å². The van der Waals surface area contributed by atoms with Crippen LogP contribution in [0.5, 0.6) is 23.0 Å². The van der Waals surface area contributed by atoms with Crippen LogP contribution in [-0.2, 0) is 21.4 Å². The quantitative estimate of drug-likeness (QED) is 0.150. The van der Waals surface area contributed by atoms with Crippen molar-refractivity contribution in [2.75, 3.05) is 32.2 Å². The standard InChI is InChI=1S/C31H30BrN3O7S/c1-39-24-14-15-27(28(18-24)40-2)35(43(37,38)25-12-8-5-9-13-25)20-30(36)34-33-19-23-16-26(32)31(29(17-23)41-3)42-21-22-10-6-4-7-11-22/h4-19H,20-21H2,1-3H3,(H,34,36)/b33-19-. The zero-order valence-electron chi connectivity index (χ0n) is 23.7. The van der Waals surface area contributed by atoms with Gasteiger partial charge in [-0.25, -0.2) is 13.8 Å². The van der Waals surface area contributed by atoms with Crippen LogP contribution in [0.4, 0.5) is 5.69 Å². The van der Waals surface area contributed by atoms with Crippen LogP contribution in [0.2, 0.25) is 0 Å². The molecule has 4 aromatic rings. The maximum Gasteiger partial charge on any atom is 0.264 e. The molecule has 0 atom stereocenters. The summed E-state index contributed by atoms with van der Waals surface area (Å²) in [4.78, 5) is 13.0. The van der Waals surface area contributed by atoms with Gasteiger partial charge in [0.25, 0.3) is 15.9 Å². The smallest absolute Gasteiger partial charge is 0.264 e. The Morgan fingerprint density at radius 3 is 2.21 bits per heavy atom. The summed E-state index contributed by atoms with van der Waals surface area (Å²) >= 11 is 3.51. The number of hydrogen-bond donors (Lipinski definition) is 1. The Labute approximate surface area is 259 Å². The summed E-state index contributed by atoms with van der Waals surface area (Å²) in [6.45, 7) is -0.225. The van der Waals surface area contributed by atoms with E-state index in [4.69, 9.17) is 18.9 Å². The molecule has 43 heavy (non-hydrogen) atoms. The lowest BCUT2D eigenvalue weighted by Crippen LogP contribution is -2.39. The van der Waals surface area contributed by atoms with Gasteiger partial charge in [0.2, 0.25) is 0 Å². The fourth-order valence-electron chi connectivity index (χ4n) is 4.04. The van der Waals surface area contributed by atoms with Crippen LogP contribution in [0, 0.1) is 0 Å². The Kier molecular flexibility index (Phi) is 10.6. The van der Waals surface area contributed by atoms with Gasteiger partial charge in [0, 0.05) is 6.07 Å². The fraction of sp³-hybridized carbons (Fsp3) is 0.161. The first-order valence-corrected chi connectivity index (χ1v) is 15.2. The molecular formula is C31H30BrN3O7S. The van der Waals surface area contributed by atoms with E-state index >= 15 is 0 Å². The molecule has 4 rings (SSSR count). The predicted molar refractivity (Wildman–Crippen MR) is 168 cm³/mol.